The lowest BCUT2D eigenvalue weighted by atomic mass is 9.95. The molecule has 1 N–H and O–H groups in total. The number of hydrogen-bond donors (Lipinski definition) is 1. The highest BCUT2D eigenvalue weighted by atomic mass is 32.1. The fraction of sp³-hybridized carbons (Fsp3) is 0.321. The van der Waals surface area contributed by atoms with Crippen molar-refractivity contribution in [3.8, 4) is 5.75 Å². The number of aryl methyl sites for hydroxylation is 1. The van der Waals surface area contributed by atoms with E-state index in [9.17, 15) is 14.7 Å². The Balaban J connectivity index is 1.88. The Morgan fingerprint density at radius 3 is 2.44 bits per heavy atom. The van der Waals surface area contributed by atoms with Gasteiger partial charge in [-0.2, -0.15) is 0 Å². The topological polar surface area (TPSA) is 84.1 Å². The zero-order chi connectivity index (χ0) is 26.0. The van der Waals surface area contributed by atoms with Crippen molar-refractivity contribution in [1.29, 1.82) is 0 Å². The summed E-state index contributed by atoms with van der Waals surface area (Å²) >= 11 is 1.24. The maximum Gasteiger partial charge on any atom is 0.338 e. The highest BCUT2D eigenvalue weighted by Gasteiger charge is 2.33. The first kappa shape index (κ1) is 25.4. The predicted octanol–water partition coefficient (Wildman–Crippen LogP) is 3.66. The summed E-state index contributed by atoms with van der Waals surface area (Å²) in [5.41, 5.74) is 3.95. The van der Waals surface area contributed by atoms with Crippen LogP contribution in [0, 0.1) is 6.92 Å². The maximum atomic E-state index is 13.7. The van der Waals surface area contributed by atoms with Crippen molar-refractivity contribution in [1.82, 2.24) is 4.57 Å². The van der Waals surface area contributed by atoms with Crippen molar-refractivity contribution in [2.75, 3.05) is 24.6 Å². The molecule has 7 nitrogen and oxygen atoms in total. The number of carbonyl (C=O) groups is 1. The molecule has 2 heterocycles. The van der Waals surface area contributed by atoms with E-state index in [1.807, 2.05) is 43.3 Å². The maximum absolute atomic E-state index is 13.7. The minimum absolute atomic E-state index is 0.101. The van der Waals surface area contributed by atoms with Gasteiger partial charge in [-0.25, -0.2) is 9.79 Å². The summed E-state index contributed by atoms with van der Waals surface area (Å²) in [6.07, 6.45) is 1.68. The van der Waals surface area contributed by atoms with Gasteiger partial charge in [0.1, 0.15) is 5.75 Å². The van der Waals surface area contributed by atoms with Gasteiger partial charge < -0.3 is 14.7 Å². The second-order valence-corrected chi connectivity index (χ2v) is 9.64. The zero-order valence-electron chi connectivity index (χ0n) is 21.2. The number of thiazole rings is 1. The molecule has 0 unspecified atom stereocenters. The van der Waals surface area contributed by atoms with Gasteiger partial charge in [-0.3, -0.25) is 9.36 Å². The van der Waals surface area contributed by atoms with E-state index < -0.39 is 12.0 Å². The molecule has 1 aliphatic heterocycles. The molecule has 0 spiro atoms. The Labute approximate surface area is 214 Å². The molecule has 2 aromatic carbocycles. The van der Waals surface area contributed by atoms with Crippen LogP contribution in [0.1, 0.15) is 50.4 Å². The van der Waals surface area contributed by atoms with Crippen LogP contribution in [0.4, 0.5) is 5.69 Å². The second-order valence-electron chi connectivity index (χ2n) is 8.63. The smallest absolute Gasteiger partial charge is 0.338 e. The fourth-order valence-electron chi connectivity index (χ4n) is 4.44. The number of esters is 1. The van der Waals surface area contributed by atoms with Crippen molar-refractivity contribution >= 4 is 29.1 Å². The van der Waals surface area contributed by atoms with Crippen LogP contribution in [-0.4, -0.2) is 35.3 Å². The molecule has 0 radical (unpaired) electrons. The van der Waals surface area contributed by atoms with Crippen LogP contribution < -0.4 is 19.8 Å². The predicted molar refractivity (Wildman–Crippen MR) is 143 cm³/mol. The van der Waals surface area contributed by atoms with Crippen molar-refractivity contribution in [3.63, 3.8) is 0 Å². The number of phenols is 1. The van der Waals surface area contributed by atoms with Crippen LogP contribution in [-0.2, 0) is 9.53 Å². The number of rotatable bonds is 7. The number of fused-ring (bicyclic) bond motifs is 1. The minimum atomic E-state index is -0.651. The van der Waals surface area contributed by atoms with Gasteiger partial charge in [-0.15, -0.1) is 0 Å². The summed E-state index contributed by atoms with van der Waals surface area (Å²) in [6, 6.07) is 12.6. The van der Waals surface area contributed by atoms with Crippen LogP contribution in [0.3, 0.4) is 0 Å². The SMILES string of the molecule is CCOC(=O)C1=C(C)N=c2s/c(=C/c3ccc(N(CC)CC)cc3O)c(=O)n2[C@H]1c1ccc(C)cc1. The summed E-state index contributed by atoms with van der Waals surface area (Å²) in [6.45, 7) is 11.5. The Bertz CT molecular complexity index is 1490. The van der Waals surface area contributed by atoms with Gasteiger partial charge in [-0.05, 0) is 58.4 Å². The van der Waals surface area contributed by atoms with Crippen molar-refractivity contribution in [3.05, 3.63) is 90.1 Å². The summed E-state index contributed by atoms with van der Waals surface area (Å²) < 4.78 is 7.32. The molecule has 0 saturated heterocycles. The normalized spacial score (nSPS) is 15.5. The highest BCUT2D eigenvalue weighted by Crippen LogP contribution is 2.31. The van der Waals surface area contributed by atoms with Crippen LogP contribution >= 0.6 is 11.3 Å². The van der Waals surface area contributed by atoms with E-state index in [0.717, 1.165) is 29.9 Å². The fourth-order valence-corrected chi connectivity index (χ4v) is 5.47. The number of aromatic nitrogens is 1. The standard InChI is InChI=1S/C28H31N3O4S/c1-6-30(7-2)21-14-13-20(22(32)16-21)15-23-26(33)31-25(19-11-9-17(4)10-12-19)24(27(34)35-8-3)18(5)29-28(31)36-23/h9-16,25,32H,6-8H2,1-5H3/b23-15+/t25-/m0/s1. The van der Waals surface area contributed by atoms with E-state index >= 15 is 0 Å². The third kappa shape index (κ3) is 4.73. The first-order chi connectivity index (χ1) is 17.3. The molecule has 1 aliphatic rings. The van der Waals surface area contributed by atoms with E-state index in [1.54, 1.807) is 30.6 Å². The molecular weight excluding hydrogens is 474 g/mol. The van der Waals surface area contributed by atoms with Gasteiger partial charge in [0.05, 0.1) is 28.5 Å². The summed E-state index contributed by atoms with van der Waals surface area (Å²) in [4.78, 5) is 33.9. The Kier molecular flexibility index (Phi) is 7.45. The number of benzene rings is 2. The van der Waals surface area contributed by atoms with Gasteiger partial charge in [0.15, 0.2) is 4.80 Å². The van der Waals surface area contributed by atoms with E-state index in [0.29, 0.717) is 26.2 Å². The second kappa shape index (κ2) is 10.5. The van der Waals surface area contributed by atoms with E-state index in [1.165, 1.54) is 11.3 Å². The molecule has 188 valence electrons. The molecule has 0 amide bonds. The molecule has 0 aliphatic carbocycles. The number of phenolic OH excluding ortho intramolecular Hbond substituents is 1. The number of ether oxygens (including phenoxy) is 1. The molecule has 1 aromatic heterocycles. The van der Waals surface area contributed by atoms with E-state index in [-0.39, 0.29) is 17.9 Å². The third-order valence-electron chi connectivity index (χ3n) is 6.34. The van der Waals surface area contributed by atoms with Crippen LogP contribution in [0.15, 0.2) is 63.5 Å². The monoisotopic (exact) mass is 505 g/mol. The average molecular weight is 506 g/mol. The van der Waals surface area contributed by atoms with Gasteiger partial charge in [-0.1, -0.05) is 41.2 Å². The third-order valence-corrected chi connectivity index (χ3v) is 7.32. The first-order valence-electron chi connectivity index (χ1n) is 12.1. The van der Waals surface area contributed by atoms with Crippen molar-refractivity contribution < 1.29 is 14.6 Å². The summed E-state index contributed by atoms with van der Waals surface area (Å²) in [5, 5.41) is 10.7. The van der Waals surface area contributed by atoms with Gasteiger partial charge >= 0.3 is 5.97 Å². The lowest BCUT2D eigenvalue weighted by molar-refractivity contribution is -0.139. The van der Waals surface area contributed by atoms with Crippen molar-refractivity contribution in [2.45, 2.75) is 40.7 Å². The Morgan fingerprint density at radius 2 is 1.83 bits per heavy atom. The largest absolute Gasteiger partial charge is 0.507 e. The first-order valence-corrected chi connectivity index (χ1v) is 12.9. The summed E-state index contributed by atoms with van der Waals surface area (Å²) in [5.74, 6) is -0.382. The molecular formula is C28H31N3O4S. The lowest BCUT2D eigenvalue weighted by Gasteiger charge is -2.24. The number of hydrogen-bond acceptors (Lipinski definition) is 7. The number of nitrogens with zero attached hydrogens (tertiary/aromatic N) is 3. The lowest BCUT2D eigenvalue weighted by Crippen LogP contribution is -2.39. The Morgan fingerprint density at radius 1 is 1.14 bits per heavy atom. The van der Waals surface area contributed by atoms with Crippen LogP contribution in [0.25, 0.3) is 6.08 Å². The highest BCUT2D eigenvalue weighted by molar-refractivity contribution is 7.07. The molecule has 0 bridgehead atoms. The minimum Gasteiger partial charge on any atom is -0.507 e. The van der Waals surface area contributed by atoms with Crippen LogP contribution in [0.5, 0.6) is 5.75 Å². The molecule has 36 heavy (non-hydrogen) atoms. The quantitative estimate of drug-likeness (QED) is 0.496. The van der Waals surface area contributed by atoms with Gasteiger partial charge in [0, 0.05) is 30.4 Å². The number of allylic oxidation sites excluding steroid dienone is 1. The number of anilines is 1. The summed E-state index contributed by atoms with van der Waals surface area (Å²) in [7, 11) is 0. The molecule has 4 rings (SSSR count). The molecule has 0 saturated carbocycles. The molecule has 3 aromatic rings. The van der Waals surface area contributed by atoms with E-state index in [4.69, 9.17) is 4.74 Å². The average Bonchev–Trinajstić information content (AvgIpc) is 3.15. The number of aromatic hydroxyl groups is 1. The Hall–Kier alpha value is -3.65. The zero-order valence-corrected chi connectivity index (χ0v) is 22.1. The molecule has 1 atom stereocenters. The molecule has 0 fully saturated rings. The van der Waals surface area contributed by atoms with Gasteiger partial charge in [0.25, 0.3) is 5.56 Å². The van der Waals surface area contributed by atoms with Gasteiger partial charge in [0.2, 0.25) is 0 Å². The van der Waals surface area contributed by atoms with E-state index in [2.05, 4.69) is 23.7 Å². The van der Waals surface area contributed by atoms with Crippen LogP contribution in [0.2, 0.25) is 0 Å². The van der Waals surface area contributed by atoms with Crippen molar-refractivity contribution in [2.24, 2.45) is 4.99 Å². The molecule has 8 heteroatoms. The number of carbonyl (C=O) groups excluding carboxylic acids is 1.